The van der Waals surface area contributed by atoms with E-state index >= 15 is 0 Å². The van der Waals surface area contributed by atoms with Gasteiger partial charge in [-0.05, 0) is 106 Å². The molecule has 260 valence electrons. The lowest BCUT2D eigenvalue weighted by molar-refractivity contribution is 0.0131. The monoisotopic (exact) mass is 685 g/mol. The van der Waals surface area contributed by atoms with Gasteiger partial charge in [-0.3, -0.25) is 14.3 Å². The molecule has 9 nitrogen and oxygen atoms in total. The quantitative estimate of drug-likeness (QED) is 0.297. The van der Waals surface area contributed by atoms with Crippen LogP contribution in [0.2, 0.25) is 0 Å². The third kappa shape index (κ3) is 6.82. The lowest BCUT2D eigenvalue weighted by Gasteiger charge is -2.46. The first kappa shape index (κ1) is 33.6. The van der Waals surface area contributed by atoms with Gasteiger partial charge in [-0.1, -0.05) is 42.8 Å². The molecule has 1 unspecified atom stereocenters. The molecule has 1 aromatic heterocycles. The van der Waals surface area contributed by atoms with E-state index in [1.54, 1.807) is 26.2 Å². The summed E-state index contributed by atoms with van der Waals surface area (Å²) in [4.78, 5) is 29.5. The van der Waals surface area contributed by atoms with E-state index in [0.717, 1.165) is 56.6 Å². The second kappa shape index (κ2) is 13.4. The number of furan rings is 1. The number of amides is 2. The number of rotatable bonds is 3. The van der Waals surface area contributed by atoms with Gasteiger partial charge >= 0.3 is 0 Å². The summed E-state index contributed by atoms with van der Waals surface area (Å²) in [5.74, 6) is 0.692. The Hall–Kier alpha value is -3.89. The van der Waals surface area contributed by atoms with Crippen LogP contribution in [0, 0.1) is 31.6 Å². The van der Waals surface area contributed by atoms with E-state index in [-0.39, 0.29) is 28.8 Å². The van der Waals surface area contributed by atoms with E-state index in [1.165, 1.54) is 23.0 Å². The Morgan fingerprint density at radius 3 is 2.76 bits per heavy atom. The largest absolute Gasteiger partial charge is 0.490 e. The number of benzene rings is 2. The zero-order valence-corrected chi connectivity index (χ0v) is 29.7. The molecule has 1 fully saturated rings. The fraction of sp³-hybridized carbons (Fsp3) is 0.487. The molecule has 3 heterocycles. The first-order chi connectivity index (χ1) is 23.5. The molecule has 6 atom stereocenters. The first-order valence-electron chi connectivity index (χ1n) is 17.5. The number of aryl methyl sites for hydroxylation is 3. The summed E-state index contributed by atoms with van der Waals surface area (Å²) in [7, 11) is -1.74. The fourth-order valence-electron chi connectivity index (χ4n) is 8.29. The number of allylic oxidation sites excluding steroid dienone is 1. The van der Waals surface area contributed by atoms with Crippen LogP contribution in [0.3, 0.4) is 0 Å². The molecule has 10 heteroatoms. The third-order valence-electron chi connectivity index (χ3n) is 11.0. The molecule has 2 bridgehead atoms. The molecule has 49 heavy (non-hydrogen) atoms. The topological polar surface area (TPSA) is 110 Å². The van der Waals surface area contributed by atoms with E-state index < -0.39 is 21.7 Å². The van der Waals surface area contributed by atoms with E-state index in [2.05, 4.69) is 51.3 Å². The molecule has 2 aliphatic heterocycles. The van der Waals surface area contributed by atoms with E-state index in [0.29, 0.717) is 36.2 Å². The van der Waals surface area contributed by atoms with Crippen molar-refractivity contribution in [2.75, 3.05) is 37.5 Å². The van der Waals surface area contributed by atoms with Crippen molar-refractivity contribution in [1.82, 2.24) is 4.72 Å². The summed E-state index contributed by atoms with van der Waals surface area (Å²) >= 11 is 0. The Bertz CT molecular complexity index is 1910. The van der Waals surface area contributed by atoms with Gasteiger partial charge < -0.3 is 18.8 Å². The highest BCUT2D eigenvalue weighted by atomic mass is 32.2. The minimum atomic E-state index is -3.51. The predicted octanol–water partition coefficient (Wildman–Crippen LogP) is 6.96. The van der Waals surface area contributed by atoms with Crippen molar-refractivity contribution < 1.29 is 27.7 Å². The molecule has 1 saturated carbocycles. The summed E-state index contributed by atoms with van der Waals surface area (Å²) in [6, 6.07) is 13.8. The molecular weight excluding hydrogens is 639 g/mol. The van der Waals surface area contributed by atoms with Gasteiger partial charge in [-0.2, -0.15) is 0 Å². The predicted molar refractivity (Wildman–Crippen MR) is 191 cm³/mol. The number of hydrogen-bond donors (Lipinski definition) is 1. The van der Waals surface area contributed by atoms with Crippen LogP contribution in [0.5, 0.6) is 5.75 Å². The second-order valence-corrected chi connectivity index (χ2v) is 16.7. The molecule has 0 radical (unpaired) electrons. The number of nitrogens with one attached hydrogen (secondary N) is 1. The Labute approximate surface area is 289 Å². The lowest BCUT2D eigenvalue weighted by atomic mass is 9.68. The summed E-state index contributed by atoms with van der Waals surface area (Å²) < 4.78 is 39.3. The molecule has 0 saturated heterocycles. The number of anilines is 1. The van der Waals surface area contributed by atoms with E-state index in [1.807, 2.05) is 19.1 Å². The maximum absolute atomic E-state index is 14.4. The van der Waals surface area contributed by atoms with Crippen LogP contribution in [0.4, 0.5) is 5.69 Å². The maximum Gasteiger partial charge on any atom is 0.286 e. The van der Waals surface area contributed by atoms with Crippen LogP contribution in [-0.4, -0.2) is 54.7 Å². The van der Waals surface area contributed by atoms with Gasteiger partial charge in [0.15, 0.2) is 0 Å². The Kier molecular flexibility index (Phi) is 9.21. The summed E-state index contributed by atoms with van der Waals surface area (Å²) in [5, 5.41) is 0. The van der Waals surface area contributed by atoms with E-state index in [4.69, 9.17) is 13.9 Å². The number of nitrogens with zero attached hydrogens (tertiary/aromatic N) is 2. The third-order valence-corrected chi connectivity index (χ3v) is 12.9. The molecule has 7 rings (SSSR count). The minimum Gasteiger partial charge on any atom is -0.490 e. The van der Waals surface area contributed by atoms with Crippen LogP contribution in [0.15, 0.2) is 69.7 Å². The van der Waals surface area contributed by atoms with Crippen LogP contribution < -0.4 is 14.4 Å². The van der Waals surface area contributed by atoms with Crippen LogP contribution in [-0.2, 0) is 26.5 Å². The summed E-state index contributed by atoms with van der Waals surface area (Å²) in [5.41, 5.74) is 5.20. The lowest BCUT2D eigenvalue weighted by Crippen LogP contribution is -2.49. The Morgan fingerprint density at radius 1 is 1.14 bits per heavy atom. The Morgan fingerprint density at radius 2 is 2.00 bits per heavy atom. The molecule has 4 aliphatic rings. The van der Waals surface area contributed by atoms with Gasteiger partial charge in [-0.15, -0.1) is 4.36 Å². The fourth-order valence-corrected chi connectivity index (χ4v) is 10.2. The number of ether oxygens (including phenoxy) is 2. The zero-order valence-electron chi connectivity index (χ0n) is 28.9. The number of hydrogen-bond acceptors (Lipinski definition) is 7. The van der Waals surface area contributed by atoms with Crippen molar-refractivity contribution in [2.45, 2.75) is 70.8 Å². The highest BCUT2D eigenvalue weighted by molar-refractivity contribution is 7.92. The van der Waals surface area contributed by atoms with Crippen molar-refractivity contribution >= 4 is 27.4 Å². The maximum atomic E-state index is 14.4. The average Bonchev–Trinajstić information content (AvgIpc) is 3.43. The molecule has 3 aromatic rings. The van der Waals surface area contributed by atoms with Crippen LogP contribution in [0.25, 0.3) is 0 Å². The number of carbonyl (C=O) groups excluding carboxylic acids is 2. The number of carbonyl (C=O) groups is 2. The molecule has 1 N–H and O–H groups in total. The molecule has 2 aromatic carbocycles. The highest BCUT2D eigenvalue weighted by Crippen LogP contribution is 2.47. The second-order valence-electron chi connectivity index (χ2n) is 14.7. The van der Waals surface area contributed by atoms with Crippen molar-refractivity contribution in [2.24, 2.45) is 22.1 Å². The molecule has 2 amide bonds. The number of fused-ring (bicyclic) bond motifs is 4. The zero-order chi connectivity index (χ0) is 34.3. The van der Waals surface area contributed by atoms with Crippen molar-refractivity contribution in [3.8, 4) is 5.75 Å². The normalized spacial score (nSPS) is 30.5. The molecular formula is C39H47N3O6S. The van der Waals surface area contributed by atoms with Crippen molar-refractivity contribution in [3.05, 3.63) is 94.5 Å². The molecule has 1 spiro atoms. The van der Waals surface area contributed by atoms with Crippen LogP contribution in [0.1, 0.15) is 82.2 Å². The van der Waals surface area contributed by atoms with Crippen LogP contribution >= 0.6 is 0 Å². The first-order valence-corrected chi connectivity index (χ1v) is 19.2. The highest BCUT2D eigenvalue weighted by Gasteiger charge is 2.44. The smallest absolute Gasteiger partial charge is 0.286 e. The van der Waals surface area contributed by atoms with Crippen molar-refractivity contribution in [1.29, 1.82) is 0 Å². The van der Waals surface area contributed by atoms with E-state index in [9.17, 15) is 13.8 Å². The number of methoxy groups -OCH3 is 1. The standard InChI is InChI=1S/C39H47N3O6S/c1-25-10-14-33-28(17-25)8-6-16-39(33)23-42-20-30-11-13-32(30)35(46-4)9-5-7-26(2)22-49(45,41-38(44)31-18-27(3)47-21-31)40-37(43)29-12-15-36(48-24-39)34(42)19-29/h5,9-10,12,14-15,17-19,21,26,30,32,35H,6-8,11,13,16,20,22-24H2,1-4H3,(H,40,41,43,44,45)/b9-5+/t26-,30-,32+,35-,39-,49?/m0/s1. The SMILES string of the molecule is CO[C@H]1/C=C/C[C@H](C)CS(=O)(NC(=O)c2coc(C)c2)=NC(=O)c2ccc3c(c2)N(C[C@@H]2CC[C@H]21)C[C@@]1(CCCc2cc(C)ccc21)CO3. The van der Waals surface area contributed by atoms with Gasteiger partial charge in [0.05, 0.1) is 29.7 Å². The summed E-state index contributed by atoms with van der Waals surface area (Å²) in [6.45, 7) is 7.94. The van der Waals surface area contributed by atoms with Gasteiger partial charge in [0.25, 0.3) is 11.8 Å². The minimum absolute atomic E-state index is 0.0108. The molecule has 2 aliphatic carbocycles. The Balaban J connectivity index is 1.31. The van der Waals surface area contributed by atoms with Gasteiger partial charge in [0.2, 0.25) is 0 Å². The summed E-state index contributed by atoms with van der Waals surface area (Å²) in [6.07, 6.45) is 11.4. The van der Waals surface area contributed by atoms with Gasteiger partial charge in [0, 0.05) is 31.2 Å². The average molecular weight is 686 g/mol. The van der Waals surface area contributed by atoms with Crippen molar-refractivity contribution in [3.63, 3.8) is 0 Å². The van der Waals surface area contributed by atoms with Gasteiger partial charge in [0.1, 0.15) is 27.7 Å². The van der Waals surface area contributed by atoms with Gasteiger partial charge in [-0.25, -0.2) is 4.21 Å².